The molecule has 8 rings (SSSR count). The zero-order chi connectivity index (χ0) is 23.3. The smallest absolute Gasteiger partial charge is 0.224 e. The second-order valence-corrected chi connectivity index (χ2v) is 9.72. The normalized spacial score (nSPS) is 12.3. The van der Waals surface area contributed by atoms with Crippen molar-refractivity contribution in [3.05, 3.63) is 109 Å². The van der Waals surface area contributed by atoms with Gasteiger partial charge < -0.3 is 4.57 Å². The quantitative estimate of drug-likeness (QED) is 0.127. The van der Waals surface area contributed by atoms with Crippen LogP contribution in [0.15, 0.2) is 103 Å². The average Bonchev–Trinajstić information content (AvgIpc) is 3.02. The van der Waals surface area contributed by atoms with Crippen molar-refractivity contribution < 1.29 is 4.57 Å². The molecule has 0 fully saturated rings. The van der Waals surface area contributed by atoms with Gasteiger partial charge in [-0.3, -0.25) is 0 Å². The summed E-state index contributed by atoms with van der Waals surface area (Å²) in [5, 5.41) is 11.6. The van der Waals surface area contributed by atoms with Crippen LogP contribution in [-0.4, -0.2) is 4.57 Å². The Balaban J connectivity index is 1.88. The molecule has 0 atom stereocenters. The fourth-order valence-electron chi connectivity index (χ4n) is 6.39. The van der Waals surface area contributed by atoms with Crippen molar-refractivity contribution in [1.29, 1.82) is 0 Å². The summed E-state index contributed by atoms with van der Waals surface area (Å²) in [7, 11) is 2.18. The number of benzene rings is 5. The summed E-state index contributed by atoms with van der Waals surface area (Å²) in [6.07, 6.45) is 2.21. The highest BCUT2D eigenvalue weighted by Crippen LogP contribution is 2.44. The van der Waals surface area contributed by atoms with E-state index in [1.54, 1.807) is 0 Å². The molecule has 0 saturated heterocycles. The topological polar surface area (TPSA) is 8.81 Å². The minimum atomic E-state index is 1.24. The predicted molar refractivity (Wildman–Crippen MR) is 148 cm³/mol. The Morgan fingerprint density at radius 2 is 1.26 bits per heavy atom. The van der Waals surface area contributed by atoms with Crippen molar-refractivity contribution in [2.24, 2.45) is 7.05 Å². The van der Waals surface area contributed by atoms with Gasteiger partial charge in [0.25, 0.3) is 0 Å². The van der Waals surface area contributed by atoms with Crippen LogP contribution in [-0.2, 0) is 7.05 Å². The number of rotatable bonds is 0. The Bertz CT molecular complexity index is 2130. The zero-order valence-electron chi connectivity index (χ0n) is 19.7. The van der Waals surface area contributed by atoms with E-state index in [2.05, 4.69) is 126 Å². The van der Waals surface area contributed by atoms with Crippen LogP contribution in [0.5, 0.6) is 0 Å². The predicted octanol–water partition coefficient (Wildman–Crippen LogP) is 7.97. The molecule has 0 N–H and O–H groups in total. The first-order valence-electron chi connectivity index (χ1n) is 12.2. The molecule has 5 aromatic carbocycles. The molecule has 6 aromatic rings. The van der Waals surface area contributed by atoms with Crippen LogP contribution in [0.25, 0.3) is 70.7 Å². The van der Waals surface area contributed by atoms with E-state index in [1.807, 2.05) is 0 Å². The first-order valence-corrected chi connectivity index (χ1v) is 12.2. The van der Waals surface area contributed by atoms with Crippen LogP contribution in [0.4, 0.5) is 0 Å². The third-order valence-corrected chi connectivity index (χ3v) is 7.92. The third kappa shape index (κ3) is 2.31. The molecule has 2 nitrogen and oxygen atoms in total. The number of pyridine rings is 2. The lowest BCUT2D eigenvalue weighted by atomic mass is 9.94. The minimum Gasteiger partial charge on any atom is -0.307 e. The maximum Gasteiger partial charge on any atom is 0.224 e. The summed E-state index contributed by atoms with van der Waals surface area (Å²) >= 11 is 0. The SMILES string of the molecule is Cc1c2ccccc2cc2c1c1c3c4c(ccc3cc[n+]1C)c1ccccc1c1ccccc1n2-4. The van der Waals surface area contributed by atoms with Crippen LogP contribution in [0, 0.1) is 6.92 Å². The molecule has 0 bridgehead atoms. The number of aromatic nitrogens is 2. The summed E-state index contributed by atoms with van der Waals surface area (Å²) in [6.45, 7) is 2.29. The first-order chi connectivity index (χ1) is 17.2. The van der Waals surface area contributed by atoms with Crippen LogP contribution >= 0.6 is 0 Å². The van der Waals surface area contributed by atoms with Crippen molar-refractivity contribution >= 4 is 65.0 Å². The lowest BCUT2D eigenvalue weighted by molar-refractivity contribution is -0.643. The molecule has 0 unspecified atom stereocenters. The molecule has 2 aliphatic rings. The maximum atomic E-state index is 2.54. The van der Waals surface area contributed by atoms with Crippen molar-refractivity contribution in [3.8, 4) is 5.69 Å². The maximum absolute atomic E-state index is 2.54. The van der Waals surface area contributed by atoms with Gasteiger partial charge in [-0.2, -0.15) is 0 Å². The third-order valence-electron chi connectivity index (χ3n) is 7.92. The molecule has 0 amide bonds. The van der Waals surface area contributed by atoms with E-state index >= 15 is 0 Å². The molecule has 2 aliphatic heterocycles. The fraction of sp³-hybridized carbons (Fsp3) is 0.0606. The molecule has 35 heavy (non-hydrogen) atoms. The fourth-order valence-corrected chi connectivity index (χ4v) is 6.39. The van der Waals surface area contributed by atoms with Crippen molar-refractivity contribution in [2.75, 3.05) is 0 Å². The Morgan fingerprint density at radius 1 is 0.571 bits per heavy atom. The van der Waals surface area contributed by atoms with E-state index in [0.717, 1.165) is 0 Å². The number of para-hydroxylation sites is 1. The zero-order valence-corrected chi connectivity index (χ0v) is 19.7. The van der Waals surface area contributed by atoms with Crippen molar-refractivity contribution in [3.63, 3.8) is 0 Å². The average molecular weight is 448 g/mol. The van der Waals surface area contributed by atoms with Crippen molar-refractivity contribution in [1.82, 2.24) is 4.57 Å². The van der Waals surface area contributed by atoms with Gasteiger partial charge in [0.05, 0.1) is 27.5 Å². The van der Waals surface area contributed by atoms with E-state index in [1.165, 1.54) is 76.3 Å². The Morgan fingerprint density at radius 3 is 2.09 bits per heavy atom. The molecule has 0 aliphatic carbocycles. The largest absolute Gasteiger partial charge is 0.307 e. The Hall–Kier alpha value is -4.43. The van der Waals surface area contributed by atoms with Gasteiger partial charge in [-0.25, -0.2) is 4.57 Å². The molecular formula is C33H23N2+. The van der Waals surface area contributed by atoms with Gasteiger partial charge in [0.2, 0.25) is 5.52 Å². The monoisotopic (exact) mass is 447 g/mol. The summed E-state index contributed by atoms with van der Waals surface area (Å²) in [5.41, 5.74) is 6.40. The van der Waals surface area contributed by atoms with Gasteiger partial charge >= 0.3 is 0 Å². The van der Waals surface area contributed by atoms with Crippen molar-refractivity contribution in [2.45, 2.75) is 6.92 Å². The van der Waals surface area contributed by atoms with Crippen LogP contribution < -0.4 is 4.57 Å². The lowest BCUT2D eigenvalue weighted by Crippen LogP contribution is -2.29. The highest BCUT2D eigenvalue weighted by atomic mass is 15.0. The number of hydrogen-bond donors (Lipinski definition) is 0. The first kappa shape index (κ1) is 18.9. The van der Waals surface area contributed by atoms with Gasteiger partial charge in [-0.05, 0) is 51.6 Å². The standard InChI is InChI=1S/C33H23N2/c1-20-23-10-4-3-9-22(23)19-29-30(20)33-31-21(17-18-34(33)2)15-16-27-25-12-6-5-11-24(25)26-13-7-8-14-28(26)35(29)32(27)31/h3-19H,1-2H3/q+1. The van der Waals surface area contributed by atoms with Gasteiger partial charge in [-0.15, -0.1) is 0 Å². The highest BCUT2D eigenvalue weighted by molar-refractivity contribution is 6.25. The molecule has 0 radical (unpaired) electrons. The van der Waals surface area contributed by atoms with E-state index in [9.17, 15) is 0 Å². The van der Waals surface area contributed by atoms with Gasteiger partial charge in [0.1, 0.15) is 7.05 Å². The van der Waals surface area contributed by atoms with Crippen LogP contribution in [0.1, 0.15) is 5.56 Å². The lowest BCUT2D eigenvalue weighted by Gasteiger charge is -2.21. The second kappa shape index (κ2) is 6.58. The highest BCUT2D eigenvalue weighted by Gasteiger charge is 2.26. The molecule has 2 heteroatoms. The van der Waals surface area contributed by atoms with E-state index in [-0.39, 0.29) is 0 Å². The molecule has 0 spiro atoms. The number of nitrogens with zero attached hydrogens (tertiary/aromatic N) is 2. The number of hydrogen-bond acceptors (Lipinski definition) is 0. The van der Waals surface area contributed by atoms with Gasteiger partial charge in [0, 0.05) is 16.8 Å². The molecule has 0 saturated carbocycles. The van der Waals surface area contributed by atoms with Crippen LogP contribution in [0.3, 0.4) is 0 Å². The summed E-state index contributed by atoms with van der Waals surface area (Å²) in [4.78, 5) is 0. The molecule has 164 valence electrons. The molecular weight excluding hydrogens is 424 g/mol. The number of aryl methyl sites for hydroxylation is 2. The summed E-state index contributed by atoms with van der Waals surface area (Å²) in [6, 6.07) is 35.8. The Labute approximate surface area is 202 Å². The summed E-state index contributed by atoms with van der Waals surface area (Å²) in [5.74, 6) is 0. The van der Waals surface area contributed by atoms with E-state index < -0.39 is 0 Å². The Kier molecular flexibility index (Phi) is 3.56. The second-order valence-electron chi connectivity index (χ2n) is 9.72. The molecule has 3 heterocycles. The van der Waals surface area contributed by atoms with Gasteiger partial charge in [0.15, 0.2) is 6.20 Å². The van der Waals surface area contributed by atoms with E-state index in [4.69, 9.17) is 0 Å². The van der Waals surface area contributed by atoms with E-state index in [0.29, 0.717) is 0 Å². The number of fused-ring (bicyclic) bond motifs is 9. The minimum absolute atomic E-state index is 1.24. The molecule has 1 aromatic heterocycles. The van der Waals surface area contributed by atoms with Gasteiger partial charge in [-0.1, -0.05) is 78.9 Å². The van der Waals surface area contributed by atoms with Crippen LogP contribution in [0.2, 0.25) is 0 Å². The summed E-state index contributed by atoms with van der Waals surface area (Å²) < 4.78 is 4.85.